The number of carbonyl (C=O) groups excluding carboxylic acids is 3. The maximum atomic E-state index is 12.9. The number of carbonyl (C=O) groups is 3. The van der Waals surface area contributed by atoms with Crippen molar-refractivity contribution in [1.29, 1.82) is 0 Å². The number of anilines is 1. The summed E-state index contributed by atoms with van der Waals surface area (Å²) < 4.78 is 0. The number of hydrogen-bond donors (Lipinski definition) is 2. The lowest BCUT2D eigenvalue weighted by Crippen LogP contribution is -2.42. The van der Waals surface area contributed by atoms with Crippen molar-refractivity contribution in [3.63, 3.8) is 0 Å². The summed E-state index contributed by atoms with van der Waals surface area (Å²) in [5.41, 5.74) is 0.129. The number of imide groups is 1. The summed E-state index contributed by atoms with van der Waals surface area (Å²) in [4.78, 5) is 38.8. The molecule has 6 nitrogen and oxygen atoms in total. The largest absolute Gasteiger partial charge is 0.325 e. The Morgan fingerprint density at radius 3 is 2.43 bits per heavy atom. The van der Waals surface area contributed by atoms with Crippen molar-refractivity contribution in [2.24, 2.45) is 0 Å². The fourth-order valence-corrected chi connectivity index (χ4v) is 3.48. The van der Waals surface area contributed by atoms with Gasteiger partial charge in [-0.25, -0.2) is 4.79 Å². The van der Waals surface area contributed by atoms with Gasteiger partial charge in [0.2, 0.25) is 5.91 Å². The average Bonchev–Trinajstić information content (AvgIpc) is 2.93. The Labute approximate surface area is 162 Å². The van der Waals surface area contributed by atoms with Crippen LogP contribution < -0.4 is 10.6 Å². The first-order valence-corrected chi connectivity index (χ1v) is 8.96. The molecule has 0 radical (unpaired) electrons. The average molecular weight is 373 g/mol. The first-order valence-electron chi connectivity index (χ1n) is 8.96. The third kappa shape index (κ3) is 2.99. The van der Waals surface area contributed by atoms with Crippen molar-refractivity contribution >= 4 is 34.3 Å². The van der Waals surface area contributed by atoms with Gasteiger partial charge in [0.15, 0.2) is 0 Å². The minimum Gasteiger partial charge on any atom is -0.324 e. The predicted molar refractivity (Wildman–Crippen MR) is 107 cm³/mol. The number of fused-ring (bicyclic) bond motifs is 1. The highest BCUT2D eigenvalue weighted by molar-refractivity contribution is 6.11. The zero-order valence-corrected chi connectivity index (χ0v) is 15.3. The van der Waals surface area contributed by atoms with E-state index < -0.39 is 23.4 Å². The second kappa shape index (κ2) is 6.81. The van der Waals surface area contributed by atoms with E-state index in [2.05, 4.69) is 10.6 Å². The molecule has 1 aliphatic heterocycles. The number of urea groups is 1. The molecule has 6 heteroatoms. The Morgan fingerprint density at radius 2 is 1.64 bits per heavy atom. The molecule has 1 heterocycles. The van der Waals surface area contributed by atoms with E-state index in [-0.39, 0.29) is 6.54 Å². The molecule has 2 N–H and O–H groups in total. The Morgan fingerprint density at radius 1 is 0.964 bits per heavy atom. The van der Waals surface area contributed by atoms with E-state index in [0.29, 0.717) is 11.3 Å². The smallest absolute Gasteiger partial charge is 0.324 e. The van der Waals surface area contributed by atoms with E-state index in [0.717, 1.165) is 15.7 Å². The normalized spacial score (nSPS) is 19.0. The van der Waals surface area contributed by atoms with Gasteiger partial charge >= 0.3 is 6.03 Å². The molecule has 1 atom stereocenters. The number of hydrogen-bond acceptors (Lipinski definition) is 3. The highest BCUT2D eigenvalue weighted by Gasteiger charge is 2.49. The van der Waals surface area contributed by atoms with E-state index in [9.17, 15) is 14.4 Å². The standard InChI is InChI=1S/C22H19N3O3/c1-22(16-10-3-2-4-11-16)20(27)25(21(28)24-22)14-19(26)23-18-13-7-9-15-8-5-6-12-17(15)18/h2-13H,14H2,1H3,(H,23,26)(H,24,28)/t22-/m0/s1. The minimum absolute atomic E-state index is 0.351. The maximum Gasteiger partial charge on any atom is 0.325 e. The molecule has 1 aliphatic rings. The number of amides is 4. The third-order valence-corrected chi connectivity index (χ3v) is 4.99. The van der Waals surface area contributed by atoms with Crippen LogP contribution in [0.2, 0.25) is 0 Å². The van der Waals surface area contributed by atoms with Crippen molar-refractivity contribution in [1.82, 2.24) is 10.2 Å². The van der Waals surface area contributed by atoms with Crippen LogP contribution in [0.25, 0.3) is 10.8 Å². The summed E-state index contributed by atoms with van der Waals surface area (Å²) in [6.45, 7) is 1.29. The van der Waals surface area contributed by atoms with Gasteiger partial charge in [-0.2, -0.15) is 0 Å². The molecule has 0 unspecified atom stereocenters. The van der Waals surface area contributed by atoms with E-state index in [4.69, 9.17) is 0 Å². The summed E-state index contributed by atoms with van der Waals surface area (Å²) in [5, 5.41) is 7.40. The number of nitrogens with one attached hydrogen (secondary N) is 2. The van der Waals surface area contributed by atoms with Crippen molar-refractivity contribution in [3.05, 3.63) is 78.4 Å². The van der Waals surface area contributed by atoms with Crippen molar-refractivity contribution in [2.45, 2.75) is 12.5 Å². The molecule has 3 aromatic rings. The second-order valence-corrected chi connectivity index (χ2v) is 6.89. The van der Waals surface area contributed by atoms with Gasteiger partial charge in [-0.1, -0.05) is 66.7 Å². The van der Waals surface area contributed by atoms with Crippen molar-refractivity contribution in [2.75, 3.05) is 11.9 Å². The molecular formula is C22H19N3O3. The van der Waals surface area contributed by atoms with Gasteiger partial charge in [-0.3, -0.25) is 14.5 Å². The highest BCUT2D eigenvalue weighted by atomic mass is 16.2. The van der Waals surface area contributed by atoms with Crippen LogP contribution in [0.15, 0.2) is 72.8 Å². The van der Waals surface area contributed by atoms with Gasteiger partial charge in [-0.05, 0) is 23.9 Å². The summed E-state index contributed by atoms with van der Waals surface area (Å²) >= 11 is 0. The van der Waals surface area contributed by atoms with Gasteiger partial charge in [0.05, 0.1) is 0 Å². The molecule has 4 amide bonds. The Balaban J connectivity index is 1.53. The van der Waals surface area contributed by atoms with Gasteiger partial charge in [0.1, 0.15) is 12.1 Å². The Bertz CT molecular complexity index is 1080. The first kappa shape index (κ1) is 17.7. The molecule has 0 saturated carbocycles. The molecule has 140 valence electrons. The van der Waals surface area contributed by atoms with E-state index in [1.165, 1.54) is 0 Å². The van der Waals surface area contributed by atoms with Crippen LogP contribution in [0, 0.1) is 0 Å². The van der Waals surface area contributed by atoms with Crippen LogP contribution in [0.3, 0.4) is 0 Å². The molecule has 0 aromatic heterocycles. The summed E-state index contributed by atoms with van der Waals surface area (Å²) in [7, 11) is 0. The molecule has 3 aromatic carbocycles. The Hall–Kier alpha value is -3.67. The van der Waals surface area contributed by atoms with E-state index in [1.54, 1.807) is 37.3 Å². The van der Waals surface area contributed by atoms with Crippen LogP contribution in [0.5, 0.6) is 0 Å². The fourth-order valence-electron chi connectivity index (χ4n) is 3.48. The summed E-state index contributed by atoms with van der Waals surface area (Å²) in [6.07, 6.45) is 0. The molecule has 4 rings (SSSR count). The minimum atomic E-state index is -1.18. The quantitative estimate of drug-likeness (QED) is 0.689. The lowest BCUT2D eigenvalue weighted by atomic mass is 9.92. The highest BCUT2D eigenvalue weighted by Crippen LogP contribution is 2.29. The summed E-state index contributed by atoms with van der Waals surface area (Å²) in [5.74, 6) is -0.881. The number of benzene rings is 3. The molecule has 28 heavy (non-hydrogen) atoms. The molecule has 0 bridgehead atoms. The van der Waals surface area contributed by atoms with Gasteiger partial charge in [0.25, 0.3) is 5.91 Å². The first-order chi connectivity index (χ1) is 13.5. The second-order valence-electron chi connectivity index (χ2n) is 6.89. The van der Waals surface area contributed by atoms with Crippen LogP contribution in [0.4, 0.5) is 10.5 Å². The Kier molecular flexibility index (Phi) is 4.31. The van der Waals surface area contributed by atoms with Crippen LogP contribution in [-0.4, -0.2) is 29.3 Å². The lowest BCUT2D eigenvalue weighted by Gasteiger charge is -2.22. The number of nitrogens with zero attached hydrogens (tertiary/aromatic N) is 1. The lowest BCUT2D eigenvalue weighted by molar-refractivity contribution is -0.133. The van der Waals surface area contributed by atoms with E-state index in [1.807, 2.05) is 42.5 Å². The zero-order chi connectivity index (χ0) is 19.7. The monoisotopic (exact) mass is 373 g/mol. The molecule has 1 saturated heterocycles. The van der Waals surface area contributed by atoms with Crippen LogP contribution >= 0.6 is 0 Å². The van der Waals surface area contributed by atoms with Gasteiger partial charge in [-0.15, -0.1) is 0 Å². The number of rotatable bonds is 4. The maximum absolute atomic E-state index is 12.9. The van der Waals surface area contributed by atoms with Crippen LogP contribution in [0.1, 0.15) is 12.5 Å². The van der Waals surface area contributed by atoms with Crippen LogP contribution in [-0.2, 0) is 15.1 Å². The summed E-state index contributed by atoms with van der Waals surface area (Å²) in [6, 6.07) is 21.7. The van der Waals surface area contributed by atoms with Crippen molar-refractivity contribution < 1.29 is 14.4 Å². The predicted octanol–water partition coefficient (Wildman–Crippen LogP) is 3.25. The molecule has 0 aliphatic carbocycles. The molecular weight excluding hydrogens is 354 g/mol. The third-order valence-electron chi connectivity index (χ3n) is 4.99. The van der Waals surface area contributed by atoms with Gasteiger partial charge in [0, 0.05) is 11.1 Å². The molecule has 0 spiro atoms. The van der Waals surface area contributed by atoms with Crippen molar-refractivity contribution in [3.8, 4) is 0 Å². The van der Waals surface area contributed by atoms with Gasteiger partial charge < -0.3 is 10.6 Å². The van der Waals surface area contributed by atoms with E-state index >= 15 is 0 Å². The SMILES string of the molecule is C[C@@]1(c2ccccc2)NC(=O)N(CC(=O)Nc2cccc3ccccc23)C1=O. The molecule has 1 fully saturated rings. The fraction of sp³-hybridized carbons (Fsp3) is 0.136. The zero-order valence-electron chi connectivity index (χ0n) is 15.3. The topological polar surface area (TPSA) is 78.5 Å².